The van der Waals surface area contributed by atoms with E-state index < -0.39 is 0 Å². The number of benzene rings is 2. The summed E-state index contributed by atoms with van der Waals surface area (Å²) in [6, 6.07) is 12.3. The second kappa shape index (κ2) is 6.81. The first-order valence-corrected chi connectivity index (χ1v) is 9.32. The molecule has 4 rings (SSSR count). The molecule has 0 N–H and O–H groups in total. The van der Waals surface area contributed by atoms with Gasteiger partial charge >= 0.3 is 0 Å². The van der Waals surface area contributed by atoms with E-state index in [0.717, 1.165) is 41.0 Å². The zero-order valence-electron chi connectivity index (χ0n) is 14.1. The number of halogens is 1. The molecular weight excluding hydrogens is 382 g/mol. The molecule has 2 heterocycles. The van der Waals surface area contributed by atoms with Gasteiger partial charge in [0.25, 0.3) is 0 Å². The molecule has 1 fully saturated rings. The van der Waals surface area contributed by atoms with Gasteiger partial charge in [0.05, 0.1) is 6.54 Å². The van der Waals surface area contributed by atoms with Crippen LogP contribution in [0.2, 0.25) is 0 Å². The smallest absolute Gasteiger partial charge is 0.143 e. The number of hydrogen-bond donors (Lipinski definition) is 0. The summed E-state index contributed by atoms with van der Waals surface area (Å²) < 4.78 is 13.1. The van der Waals surface area contributed by atoms with E-state index in [0.29, 0.717) is 13.2 Å². The van der Waals surface area contributed by atoms with Crippen molar-refractivity contribution < 1.29 is 14.3 Å². The van der Waals surface area contributed by atoms with Gasteiger partial charge in [-0.3, -0.25) is 9.69 Å². The lowest BCUT2D eigenvalue weighted by Gasteiger charge is -2.22. The normalized spacial score (nSPS) is 19.0. The Morgan fingerprint density at radius 3 is 3.00 bits per heavy atom. The summed E-state index contributed by atoms with van der Waals surface area (Å²) in [7, 11) is 0. The summed E-state index contributed by atoms with van der Waals surface area (Å²) in [6.45, 7) is 4.43. The average molecular weight is 402 g/mol. The zero-order valence-corrected chi connectivity index (χ0v) is 15.7. The summed E-state index contributed by atoms with van der Waals surface area (Å²) in [5.74, 6) is 1.89. The van der Waals surface area contributed by atoms with Gasteiger partial charge in [-0.25, -0.2) is 0 Å². The van der Waals surface area contributed by atoms with Crippen molar-refractivity contribution in [3.8, 4) is 22.6 Å². The predicted molar refractivity (Wildman–Crippen MR) is 100 cm³/mol. The maximum Gasteiger partial charge on any atom is 0.143 e. The topological polar surface area (TPSA) is 38.8 Å². The van der Waals surface area contributed by atoms with Gasteiger partial charge in [-0.2, -0.15) is 0 Å². The molecule has 2 aliphatic rings. The molecule has 130 valence electrons. The van der Waals surface area contributed by atoms with Crippen LogP contribution in [-0.2, 0) is 11.4 Å². The minimum absolute atomic E-state index is 0.127. The first kappa shape index (κ1) is 16.6. The van der Waals surface area contributed by atoms with Gasteiger partial charge in [0.2, 0.25) is 0 Å². The molecule has 0 unspecified atom stereocenters. The highest BCUT2D eigenvalue weighted by molar-refractivity contribution is 9.10. The summed E-state index contributed by atoms with van der Waals surface area (Å²) >= 11 is 3.54. The van der Waals surface area contributed by atoms with Crippen LogP contribution in [0.15, 0.2) is 40.9 Å². The van der Waals surface area contributed by atoms with Crippen molar-refractivity contribution in [3.63, 3.8) is 0 Å². The van der Waals surface area contributed by atoms with Crippen LogP contribution in [0.4, 0.5) is 0 Å². The van der Waals surface area contributed by atoms with Crippen molar-refractivity contribution in [1.82, 2.24) is 4.90 Å². The fourth-order valence-electron chi connectivity index (χ4n) is 3.54. The Balaban J connectivity index is 1.50. The lowest BCUT2D eigenvalue weighted by molar-refractivity contribution is -0.117. The van der Waals surface area contributed by atoms with Crippen molar-refractivity contribution in [1.29, 1.82) is 0 Å². The van der Waals surface area contributed by atoms with Crippen LogP contribution < -0.4 is 9.47 Å². The Morgan fingerprint density at radius 1 is 1.28 bits per heavy atom. The number of hydrogen-bond acceptors (Lipinski definition) is 4. The van der Waals surface area contributed by atoms with E-state index in [4.69, 9.17) is 9.47 Å². The molecule has 0 radical (unpaired) electrons. The van der Waals surface area contributed by atoms with Gasteiger partial charge in [-0.05, 0) is 48.7 Å². The molecule has 0 spiro atoms. The van der Waals surface area contributed by atoms with Gasteiger partial charge in [0.15, 0.2) is 0 Å². The highest BCUT2D eigenvalue weighted by atomic mass is 79.9. The lowest BCUT2D eigenvalue weighted by Crippen LogP contribution is -2.28. The number of ketones is 1. The van der Waals surface area contributed by atoms with Crippen LogP contribution in [0.3, 0.4) is 0 Å². The predicted octanol–water partition coefficient (Wildman–Crippen LogP) is 4.05. The second-order valence-electron chi connectivity index (χ2n) is 6.71. The fourth-order valence-corrected chi connectivity index (χ4v) is 3.90. The second-order valence-corrected chi connectivity index (χ2v) is 7.63. The molecule has 0 amide bonds. The molecule has 0 aromatic heterocycles. The molecule has 1 atom stereocenters. The van der Waals surface area contributed by atoms with Crippen LogP contribution in [0.5, 0.6) is 11.5 Å². The third-order valence-corrected chi connectivity index (χ3v) is 5.17. The number of fused-ring (bicyclic) bond motifs is 3. The number of likely N-dealkylation sites (tertiary alicyclic amines) is 1. The van der Waals surface area contributed by atoms with E-state index in [1.165, 1.54) is 11.1 Å². The summed E-state index contributed by atoms with van der Waals surface area (Å²) in [5.41, 5.74) is 3.50. The third-order valence-electron chi connectivity index (χ3n) is 4.68. The number of Topliss-reactive ketones (excluding diaryl/α,β-unsaturated/α-hetero) is 1. The van der Waals surface area contributed by atoms with Crippen LogP contribution in [0, 0.1) is 0 Å². The van der Waals surface area contributed by atoms with Gasteiger partial charge in [0, 0.05) is 29.2 Å². The molecule has 2 aromatic carbocycles. The number of ether oxygens (including phenoxy) is 2. The first-order chi connectivity index (χ1) is 12.1. The van der Waals surface area contributed by atoms with Gasteiger partial charge < -0.3 is 9.47 Å². The largest absolute Gasteiger partial charge is 0.489 e. The highest BCUT2D eigenvalue weighted by Crippen LogP contribution is 2.40. The Kier molecular flexibility index (Phi) is 4.52. The van der Waals surface area contributed by atoms with Crippen LogP contribution in [0.1, 0.15) is 18.9 Å². The quantitative estimate of drug-likeness (QED) is 0.774. The number of carbonyl (C=O) groups is 1. The molecule has 0 aliphatic carbocycles. The standard InChI is InChI=1S/C20H20BrNO3/c1-13(23)10-22-7-6-17(11-22)25-16-4-5-18-19-8-15(21)3-2-14(19)12-24-20(18)9-16/h2-5,8-9,17H,6-7,10-12H2,1H3/t17-/m0/s1. The van der Waals surface area contributed by atoms with E-state index in [2.05, 4.69) is 39.0 Å². The molecule has 2 aromatic rings. The van der Waals surface area contributed by atoms with Crippen LogP contribution in [0.25, 0.3) is 11.1 Å². The van der Waals surface area contributed by atoms with Gasteiger partial charge in [0.1, 0.15) is 30.0 Å². The maximum atomic E-state index is 11.2. The Bertz CT molecular complexity index is 821. The zero-order chi connectivity index (χ0) is 17.4. The summed E-state index contributed by atoms with van der Waals surface area (Å²) in [5, 5.41) is 0. The minimum Gasteiger partial charge on any atom is -0.489 e. The molecular formula is C20H20BrNO3. The van der Waals surface area contributed by atoms with Crippen molar-refractivity contribution in [3.05, 3.63) is 46.4 Å². The van der Waals surface area contributed by atoms with E-state index in [9.17, 15) is 4.79 Å². The molecule has 0 bridgehead atoms. The van der Waals surface area contributed by atoms with Crippen LogP contribution in [-0.4, -0.2) is 36.4 Å². The van der Waals surface area contributed by atoms with Crippen molar-refractivity contribution in [2.24, 2.45) is 0 Å². The maximum absolute atomic E-state index is 11.2. The van der Waals surface area contributed by atoms with Crippen molar-refractivity contribution >= 4 is 21.7 Å². The van der Waals surface area contributed by atoms with E-state index in [-0.39, 0.29) is 11.9 Å². The number of rotatable bonds is 4. The Hall–Kier alpha value is -1.85. The third kappa shape index (κ3) is 3.58. The highest BCUT2D eigenvalue weighted by Gasteiger charge is 2.25. The van der Waals surface area contributed by atoms with E-state index in [1.54, 1.807) is 6.92 Å². The van der Waals surface area contributed by atoms with E-state index in [1.807, 2.05) is 18.2 Å². The summed E-state index contributed by atoms with van der Waals surface area (Å²) in [4.78, 5) is 13.4. The minimum atomic E-state index is 0.127. The van der Waals surface area contributed by atoms with Crippen LogP contribution >= 0.6 is 15.9 Å². The molecule has 0 saturated carbocycles. The molecule has 1 saturated heterocycles. The average Bonchev–Trinajstić information content (AvgIpc) is 3.00. The van der Waals surface area contributed by atoms with Crippen molar-refractivity contribution in [2.75, 3.05) is 19.6 Å². The molecule has 5 heteroatoms. The first-order valence-electron chi connectivity index (χ1n) is 8.52. The SMILES string of the molecule is CC(=O)CN1CC[C@H](Oc2ccc3c(c2)OCc2ccc(Br)cc2-3)C1. The number of nitrogens with zero attached hydrogens (tertiary/aromatic N) is 1. The fraction of sp³-hybridized carbons (Fsp3) is 0.350. The Labute approximate surface area is 155 Å². The number of carbonyl (C=O) groups excluding carboxylic acids is 1. The lowest BCUT2D eigenvalue weighted by atomic mass is 9.97. The summed E-state index contributed by atoms with van der Waals surface area (Å²) in [6.07, 6.45) is 1.07. The van der Waals surface area contributed by atoms with Crippen molar-refractivity contribution in [2.45, 2.75) is 26.1 Å². The van der Waals surface area contributed by atoms with E-state index >= 15 is 0 Å². The molecule has 2 aliphatic heterocycles. The molecule has 4 nitrogen and oxygen atoms in total. The van der Waals surface area contributed by atoms with Gasteiger partial charge in [-0.15, -0.1) is 0 Å². The van der Waals surface area contributed by atoms with Gasteiger partial charge in [-0.1, -0.05) is 22.0 Å². The molecule has 25 heavy (non-hydrogen) atoms. The monoisotopic (exact) mass is 401 g/mol. The Morgan fingerprint density at radius 2 is 2.16 bits per heavy atom.